The number of aliphatic hydroxyl groups is 1. The Labute approximate surface area is 108 Å². The smallest absolute Gasteiger partial charge is 0.0544 e. The second kappa shape index (κ2) is 8.93. The largest absolute Gasteiger partial charge is 0.396 e. The molecule has 2 nitrogen and oxygen atoms in total. The molecule has 0 aliphatic carbocycles. The summed E-state index contributed by atoms with van der Waals surface area (Å²) in [5, 5.41) is 9.75. The Morgan fingerprint density at radius 2 is 1.59 bits per heavy atom. The molecule has 17 heavy (non-hydrogen) atoms. The number of rotatable bonds is 10. The van der Waals surface area contributed by atoms with Gasteiger partial charge in [0.25, 0.3) is 0 Å². The van der Waals surface area contributed by atoms with E-state index < -0.39 is 0 Å². The van der Waals surface area contributed by atoms with Gasteiger partial charge in [0.2, 0.25) is 0 Å². The summed E-state index contributed by atoms with van der Waals surface area (Å²) in [6.07, 6.45) is 4.38. The van der Waals surface area contributed by atoms with Crippen molar-refractivity contribution >= 4 is 0 Å². The van der Waals surface area contributed by atoms with Gasteiger partial charge in [-0.1, -0.05) is 41.0 Å². The minimum atomic E-state index is -0.0317. The van der Waals surface area contributed by atoms with Crippen LogP contribution in [0.5, 0.6) is 0 Å². The Morgan fingerprint density at radius 1 is 1.06 bits per heavy atom. The highest BCUT2D eigenvalue weighted by Gasteiger charge is 2.31. The first kappa shape index (κ1) is 16.9. The molecule has 0 aliphatic heterocycles. The predicted octanol–water partition coefficient (Wildman–Crippen LogP) is 3.87. The van der Waals surface area contributed by atoms with Gasteiger partial charge < -0.3 is 9.84 Å². The van der Waals surface area contributed by atoms with Crippen LogP contribution in [0.15, 0.2) is 0 Å². The summed E-state index contributed by atoms with van der Waals surface area (Å²) in [7, 11) is 0. The monoisotopic (exact) mass is 244 g/mol. The van der Waals surface area contributed by atoms with Gasteiger partial charge in [0.1, 0.15) is 0 Å². The minimum Gasteiger partial charge on any atom is -0.396 e. The average Bonchev–Trinajstić information content (AvgIpc) is 2.22. The third-order valence-corrected chi connectivity index (χ3v) is 3.07. The van der Waals surface area contributed by atoms with Crippen LogP contribution in [0.1, 0.15) is 60.3 Å². The van der Waals surface area contributed by atoms with E-state index in [9.17, 15) is 5.11 Å². The maximum atomic E-state index is 9.75. The van der Waals surface area contributed by atoms with Gasteiger partial charge >= 0.3 is 0 Å². The van der Waals surface area contributed by atoms with E-state index in [1.165, 1.54) is 6.42 Å². The molecule has 0 saturated carbocycles. The third kappa shape index (κ3) is 7.77. The van der Waals surface area contributed by atoms with Crippen molar-refractivity contribution in [1.82, 2.24) is 0 Å². The quantitative estimate of drug-likeness (QED) is 0.591. The van der Waals surface area contributed by atoms with Crippen molar-refractivity contribution in [2.24, 2.45) is 17.3 Å². The molecule has 0 aromatic heterocycles. The van der Waals surface area contributed by atoms with E-state index in [1.54, 1.807) is 0 Å². The van der Waals surface area contributed by atoms with E-state index in [4.69, 9.17) is 4.74 Å². The maximum absolute atomic E-state index is 9.75. The minimum absolute atomic E-state index is 0.0317. The summed E-state index contributed by atoms with van der Waals surface area (Å²) in [6.45, 7) is 12.8. The van der Waals surface area contributed by atoms with Crippen LogP contribution in [0.2, 0.25) is 0 Å². The van der Waals surface area contributed by atoms with Gasteiger partial charge in [-0.15, -0.1) is 0 Å². The van der Waals surface area contributed by atoms with E-state index in [0.717, 1.165) is 25.9 Å². The number of unbranched alkanes of at least 4 members (excludes halogenated alkanes) is 1. The molecule has 0 heterocycles. The van der Waals surface area contributed by atoms with Gasteiger partial charge in [0.05, 0.1) is 13.2 Å². The fourth-order valence-corrected chi connectivity index (χ4v) is 2.64. The lowest BCUT2D eigenvalue weighted by Crippen LogP contribution is -2.34. The highest BCUT2D eigenvalue weighted by Crippen LogP contribution is 2.33. The van der Waals surface area contributed by atoms with E-state index in [-0.39, 0.29) is 12.0 Å². The normalized spacial score (nSPS) is 12.7. The van der Waals surface area contributed by atoms with Gasteiger partial charge in [-0.3, -0.25) is 0 Å². The first-order valence-electron chi connectivity index (χ1n) is 7.14. The molecule has 0 rings (SSSR count). The van der Waals surface area contributed by atoms with Crippen LogP contribution in [0.25, 0.3) is 0 Å². The molecule has 0 aromatic carbocycles. The van der Waals surface area contributed by atoms with Crippen LogP contribution < -0.4 is 0 Å². The average molecular weight is 244 g/mol. The predicted molar refractivity (Wildman–Crippen MR) is 74.2 cm³/mol. The molecule has 0 bridgehead atoms. The Bertz CT molecular complexity index is 166. The number of ether oxygens (including phenoxy) is 1. The molecular weight excluding hydrogens is 212 g/mol. The lowest BCUT2D eigenvalue weighted by atomic mass is 9.75. The summed E-state index contributed by atoms with van der Waals surface area (Å²) < 4.78 is 5.77. The molecule has 0 unspecified atom stereocenters. The topological polar surface area (TPSA) is 29.5 Å². The van der Waals surface area contributed by atoms with E-state index in [1.807, 2.05) is 0 Å². The number of hydrogen-bond donors (Lipinski definition) is 1. The zero-order chi connectivity index (χ0) is 13.3. The molecule has 104 valence electrons. The van der Waals surface area contributed by atoms with Crippen LogP contribution >= 0.6 is 0 Å². The maximum Gasteiger partial charge on any atom is 0.0544 e. The molecule has 0 atom stereocenters. The Kier molecular flexibility index (Phi) is 8.89. The van der Waals surface area contributed by atoms with Crippen molar-refractivity contribution in [1.29, 1.82) is 0 Å². The molecule has 0 aliphatic rings. The van der Waals surface area contributed by atoms with Crippen LogP contribution in [-0.4, -0.2) is 24.9 Å². The lowest BCUT2D eigenvalue weighted by molar-refractivity contribution is -0.0195. The van der Waals surface area contributed by atoms with Crippen molar-refractivity contribution in [3.8, 4) is 0 Å². The molecule has 0 spiro atoms. The summed E-state index contributed by atoms with van der Waals surface area (Å²) >= 11 is 0. The molecule has 0 aromatic rings. The second-order valence-corrected chi connectivity index (χ2v) is 6.26. The molecule has 0 fully saturated rings. The van der Waals surface area contributed by atoms with Crippen molar-refractivity contribution in [2.45, 2.75) is 60.3 Å². The van der Waals surface area contributed by atoms with Crippen molar-refractivity contribution in [2.75, 3.05) is 19.8 Å². The van der Waals surface area contributed by atoms with Crippen molar-refractivity contribution < 1.29 is 9.84 Å². The van der Waals surface area contributed by atoms with E-state index in [2.05, 4.69) is 34.6 Å². The van der Waals surface area contributed by atoms with Crippen molar-refractivity contribution in [3.05, 3.63) is 0 Å². The SMILES string of the molecule is CCCCOCC(CO)(CC(C)C)CC(C)C. The van der Waals surface area contributed by atoms with Gasteiger partial charge in [-0.25, -0.2) is 0 Å². The summed E-state index contributed by atoms with van der Waals surface area (Å²) in [6, 6.07) is 0. The third-order valence-electron chi connectivity index (χ3n) is 3.07. The lowest BCUT2D eigenvalue weighted by Gasteiger charge is -2.35. The van der Waals surface area contributed by atoms with Gasteiger partial charge in [0, 0.05) is 12.0 Å². The van der Waals surface area contributed by atoms with Gasteiger partial charge in [0.15, 0.2) is 0 Å². The zero-order valence-corrected chi connectivity index (χ0v) is 12.5. The fourth-order valence-electron chi connectivity index (χ4n) is 2.64. The first-order chi connectivity index (χ1) is 7.95. The number of hydrogen-bond acceptors (Lipinski definition) is 2. The van der Waals surface area contributed by atoms with Crippen LogP contribution in [0, 0.1) is 17.3 Å². The van der Waals surface area contributed by atoms with Crippen LogP contribution in [0.4, 0.5) is 0 Å². The Hall–Kier alpha value is -0.0800. The second-order valence-electron chi connectivity index (χ2n) is 6.26. The Morgan fingerprint density at radius 3 is 1.94 bits per heavy atom. The number of aliphatic hydroxyl groups excluding tert-OH is 1. The molecule has 2 heteroatoms. The molecule has 0 saturated heterocycles. The van der Waals surface area contributed by atoms with Gasteiger partial charge in [-0.05, 0) is 31.1 Å². The van der Waals surface area contributed by atoms with Crippen LogP contribution in [-0.2, 0) is 4.74 Å². The molecular formula is C15H32O2. The highest BCUT2D eigenvalue weighted by molar-refractivity contribution is 4.81. The first-order valence-corrected chi connectivity index (χ1v) is 7.14. The van der Waals surface area contributed by atoms with Gasteiger partial charge in [-0.2, -0.15) is 0 Å². The summed E-state index contributed by atoms with van der Waals surface area (Å²) in [4.78, 5) is 0. The fraction of sp³-hybridized carbons (Fsp3) is 1.00. The van der Waals surface area contributed by atoms with Crippen LogP contribution in [0.3, 0.4) is 0 Å². The van der Waals surface area contributed by atoms with E-state index >= 15 is 0 Å². The Balaban J connectivity index is 4.33. The molecule has 0 amide bonds. The molecule has 1 N–H and O–H groups in total. The summed E-state index contributed by atoms with van der Waals surface area (Å²) in [5.41, 5.74) is -0.0317. The van der Waals surface area contributed by atoms with Crippen molar-refractivity contribution in [3.63, 3.8) is 0 Å². The zero-order valence-electron chi connectivity index (χ0n) is 12.5. The standard InChI is InChI=1S/C15H32O2/c1-6-7-8-17-12-15(11-16,9-13(2)3)10-14(4)5/h13-14,16H,6-12H2,1-5H3. The summed E-state index contributed by atoms with van der Waals surface area (Å²) in [5.74, 6) is 1.21. The van der Waals surface area contributed by atoms with E-state index in [0.29, 0.717) is 18.4 Å². The highest BCUT2D eigenvalue weighted by atomic mass is 16.5. The molecule has 0 radical (unpaired) electrons.